The number of benzene rings is 3. The molecular formula is C43H45N13O5. The molecule has 3 aromatic heterocycles. The Bertz CT molecular complexity index is 2790. The fourth-order valence-corrected chi connectivity index (χ4v) is 8.48. The number of likely N-dealkylation sites (tertiary alicyclic amines) is 1. The zero-order valence-corrected chi connectivity index (χ0v) is 34.1. The van der Waals surface area contributed by atoms with Gasteiger partial charge in [-0.15, -0.1) is 5.10 Å². The van der Waals surface area contributed by atoms with Crippen LogP contribution in [0.5, 0.6) is 0 Å². The Morgan fingerprint density at radius 3 is 2.43 bits per heavy atom. The van der Waals surface area contributed by atoms with Crippen LogP contribution in [0.3, 0.4) is 0 Å². The van der Waals surface area contributed by atoms with Crippen molar-refractivity contribution in [2.75, 3.05) is 42.1 Å². The molecule has 1 unspecified atom stereocenters. The molecule has 0 bridgehead atoms. The number of nitrogens with one attached hydrogen (secondary N) is 4. The third-order valence-electron chi connectivity index (χ3n) is 11.9. The summed E-state index contributed by atoms with van der Waals surface area (Å²) in [5, 5.41) is 26.0. The van der Waals surface area contributed by atoms with Crippen LogP contribution in [0.2, 0.25) is 0 Å². The van der Waals surface area contributed by atoms with Crippen molar-refractivity contribution in [2.24, 2.45) is 13.0 Å². The van der Waals surface area contributed by atoms with Crippen molar-refractivity contribution in [3.63, 3.8) is 0 Å². The first-order chi connectivity index (χ1) is 29.5. The summed E-state index contributed by atoms with van der Waals surface area (Å²) in [6.45, 7) is 6.24. The van der Waals surface area contributed by atoms with E-state index in [0.717, 1.165) is 44.6 Å². The average molecular weight is 824 g/mol. The van der Waals surface area contributed by atoms with Gasteiger partial charge in [0.05, 0.1) is 17.3 Å². The first-order valence-corrected chi connectivity index (χ1v) is 20.4. The topological polar surface area (TPSA) is 214 Å². The minimum Gasteiger partial charge on any atom is -0.376 e. The number of para-hydroxylation sites is 1. The van der Waals surface area contributed by atoms with Gasteiger partial charge in [0, 0.05) is 68.8 Å². The molecule has 18 heteroatoms. The Morgan fingerprint density at radius 2 is 1.64 bits per heavy atom. The van der Waals surface area contributed by atoms with Crippen LogP contribution in [0.25, 0.3) is 21.9 Å². The van der Waals surface area contributed by atoms with Crippen molar-refractivity contribution >= 4 is 74.4 Å². The van der Waals surface area contributed by atoms with Gasteiger partial charge in [-0.2, -0.15) is 14.8 Å². The molecule has 3 aromatic carbocycles. The maximum atomic E-state index is 13.8. The summed E-state index contributed by atoms with van der Waals surface area (Å²) in [5.41, 5.74) is 7.46. The Kier molecular flexibility index (Phi) is 10.3. The second-order valence-corrected chi connectivity index (χ2v) is 16.0. The Balaban J connectivity index is 0.777. The SMILES string of the molecule is Cc1cccc(C)c1Nc1nn(C)c2nc(Nc3ccc4c(c3)CN(C(=O)C3CCN(C(=O)CNc5ccc6c(=O)n(C7CCC(=O)NC7=O)nnc6c5)CC3)CC4)ncc12. The molecule has 0 aliphatic carbocycles. The second-order valence-electron chi connectivity index (χ2n) is 16.0. The Labute approximate surface area is 349 Å². The highest BCUT2D eigenvalue weighted by Crippen LogP contribution is 2.31. The van der Waals surface area contributed by atoms with Gasteiger partial charge in [0.1, 0.15) is 11.6 Å². The number of aryl methyl sites for hydroxylation is 3. The average Bonchev–Trinajstić information content (AvgIpc) is 3.57. The summed E-state index contributed by atoms with van der Waals surface area (Å²) in [5.74, 6) is 0.00834. The van der Waals surface area contributed by atoms with E-state index >= 15 is 0 Å². The van der Waals surface area contributed by atoms with Crippen molar-refractivity contribution in [3.05, 3.63) is 93.4 Å². The van der Waals surface area contributed by atoms with Crippen molar-refractivity contribution in [1.29, 1.82) is 0 Å². The molecule has 3 aliphatic rings. The van der Waals surface area contributed by atoms with Crippen molar-refractivity contribution in [2.45, 2.75) is 58.5 Å². The highest BCUT2D eigenvalue weighted by molar-refractivity contribution is 5.99. The van der Waals surface area contributed by atoms with Gasteiger partial charge >= 0.3 is 0 Å². The number of aromatic nitrogens is 7. The molecule has 2 fully saturated rings. The largest absolute Gasteiger partial charge is 0.376 e. The number of piperidine rings is 2. The molecule has 9 rings (SSSR count). The molecule has 18 nitrogen and oxygen atoms in total. The molecule has 0 spiro atoms. The lowest BCUT2D eigenvalue weighted by Crippen LogP contribution is -2.46. The van der Waals surface area contributed by atoms with Crippen LogP contribution in [0.1, 0.15) is 54.0 Å². The molecule has 1 atom stereocenters. The summed E-state index contributed by atoms with van der Waals surface area (Å²) in [6.07, 6.45) is 3.97. The normalized spacial score (nSPS) is 17.0. The van der Waals surface area contributed by atoms with Gasteiger partial charge in [0.2, 0.25) is 23.7 Å². The van der Waals surface area contributed by atoms with Gasteiger partial charge < -0.3 is 25.8 Å². The molecule has 3 aliphatic heterocycles. The molecular weight excluding hydrogens is 779 g/mol. The van der Waals surface area contributed by atoms with Crippen molar-refractivity contribution < 1.29 is 19.2 Å². The summed E-state index contributed by atoms with van der Waals surface area (Å²) in [7, 11) is 1.86. The number of rotatable bonds is 9. The maximum Gasteiger partial charge on any atom is 0.278 e. The fraction of sp³-hybridized carbons (Fsp3) is 0.349. The Hall–Kier alpha value is -7.24. The third kappa shape index (κ3) is 7.83. The van der Waals surface area contributed by atoms with Gasteiger partial charge in [0.15, 0.2) is 11.5 Å². The lowest BCUT2D eigenvalue weighted by molar-refractivity contribution is -0.141. The van der Waals surface area contributed by atoms with E-state index in [0.29, 0.717) is 67.6 Å². The minimum atomic E-state index is -0.908. The van der Waals surface area contributed by atoms with Crippen LogP contribution in [0.15, 0.2) is 65.6 Å². The van der Waals surface area contributed by atoms with E-state index in [4.69, 9.17) is 4.98 Å². The standard InChI is InChI=1S/C43H45N13O5/c1-24-5-4-6-25(2)37(24)48-38-32-21-45-43(49-39(32)53(3)51-38)46-30-8-7-26-13-18-55(23-28(26)19-30)41(60)27-14-16-54(17-15-27)36(58)22-44-29-9-10-31-33(20-29)50-52-56(42(31)61)34-11-12-35(57)47-40(34)59/h4-10,19-21,27,34,44H,11-18,22-23H2,1-3H3,(H,48,51)(H,45,46,49)(H,47,57,59). The van der Waals surface area contributed by atoms with Gasteiger partial charge in [-0.05, 0) is 92.1 Å². The number of carbonyl (C=O) groups excluding carboxylic acids is 4. The maximum absolute atomic E-state index is 13.8. The van der Waals surface area contributed by atoms with E-state index in [1.54, 1.807) is 34.0 Å². The smallest absolute Gasteiger partial charge is 0.278 e. The number of carbonyl (C=O) groups is 4. The quantitative estimate of drug-likeness (QED) is 0.153. The Morgan fingerprint density at radius 1 is 0.852 bits per heavy atom. The lowest BCUT2D eigenvalue weighted by atomic mass is 9.92. The molecule has 312 valence electrons. The number of imide groups is 1. The van der Waals surface area contributed by atoms with E-state index in [9.17, 15) is 24.0 Å². The summed E-state index contributed by atoms with van der Waals surface area (Å²) < 4.78 is 2.75. The van der Waals surface area contributed by atoms with Crippen molar-refractivity contribution in [3.8, 4) is 0 Å². The van der Waals surface area contributed by atoms with Gasteiger partial charge in [-0.3, -0.25) is 29.3 Å². The van der Waals surface area contributed by atoms with Crippen LogP contribution in [0.4, 0.5) is 28.8 Å². The molecule has 61 heavy (non-hydrogen) atoms. The van der Waals surface area contributed by atoms with Gasteiger partial charge in [-0.1, -0.05) is 29.5 Å². The predicted octanol–water partition coefficient (Wildman–Crippen LogP) is 3.79. The van der Waals surface area contributed by atoms with Crippen molar-refractivity contribution in [1.82, 2.24) is 49.9 Å². The van der Waals surface area contributed by atoms with Crippen LogP contribution in [-0.2, 0) is 39.2 Å². The summed E-state index contributed by atoms with van der Waals surface area (Å²) in [4.78, 5) is 77.1. The fourth-order valence-electron chi connectivity index (χ4n) is 8.48. The first-order valence-electron chi connectivity index (χ1n) is 20.4. The van der Waals surface area contributed by atoms with Gasteiger partial charge in [0.25, 0.3) is 11.5 Å². The summed E-state index contributed by atoms with van der Waals surface area (Å²) >= 11 is 0. The first kappa shape index (κ1) is 39.2. The molecule has 0 saturated carbocycles. The molecule has 6 aromatic rings. The summed E-state index contributed by atoms with van der Waals surface area (Å²) in [6, 6.07) is 16.3. The number of anilines is 5. The highest BCUT2D eigenvalue weighted by Gasteiger charge is 2.33. The van der Waals surface area contributed by atoms with E-state index in [1.165, 1.54) is 5.56 Å². The van der Waals surface area contributed by atoms with E-state index in [-0.39, 0.29) is 48.4 Å². The lowest BCUT2D eigenvalue weighted by Gasteiger charge is -2.36. The molecule has 4 amide bonds. The predicted molar refractivity (Wildman–Crippen MR) is 227 cm³/mol. The highest BCUT2D eigenvalue weighted by atomic mass is 16.2. The van der Waals surface area contributed by atoms with Crippen LogP contribution in [-0.4, -0.2) is 94.3 Å². The molecule has 4 N–H and O–H groups in total. The van der Waals surface area contributed by atoms with Crippen LogP contribution < -0.4 is 26.8 Å². The van der Waals surface area contributed by atoms with Crippen LogP contribution >= 0.6 is 0 Å². The molecule has 2 saturated heterocycles. The molecule has 0 radical (unpaired) electrons. The van der Waals surface area contributed by atoms with E-state index in [2.05, 4.69) is 79.8 Å². The second kappa shape index (κ2) is 16.1. The third-order valence-corrected chi connectivity index (χ3v) is 11.9. The zero-order chi connectivity index (χ0) is 42.4. The van der Waals surface area contributed by atoms with Crippen LogP contribution in [0, 0.1) is 19.8 Å². The van der Waals surface area contributed by atoms with E-state index < -0.39 is 17.5 Å². The number of amides is 4. The molecule has 6 heterocycles. The number of hydrogen-bond donors (Lipinski definition) is 4. The monoisotopic (exact) mass is 823 g/mol. The minimum absolute atomic E-state index is 0.0249. The van der Waals surface area contributed by atoms with E-state index in [1.807, 2.05) is 24.1 Å². The zero-order valence-electron chi connectivity index (χ0n) is 34.1. The number of fused-ring (bicyclic) bond motifs is 3. The van der Waals surface area contributed by atoms with Gasteiger partial charge in [-0.25, -0.2) is 9.67 Å². The number of hydrogen-bond acceptors (Lipinski definition) is 13. The number of nitrogens with zero attached hydrogens (tertiary/aromatic N) is 9.